The molecule has 0 radical (unpaired) electrons. The van der Waals surface area contributed by atoms with Gasteiger partial charge in [-0.3, -0.25) is 14.6 Å². The molecule has 2 amide bonds. The van der Waals surface area contributed by atoms with E-state index in [1.807, 2.05) is 12.1 Å². The summed E-state index contributed by atoms with van der Waals surface area (Å²) >= 11 is 0. The van der Waals surface area contributed by atoms with E-state index >= 15 is 0 Å². The van der Waals surface area contributed by atoms with Crippen LogP contribution in [-0.4, -0.2) is 45.5 Å². The van der Waals surface area contributed by atoms with Gasteiger partial charge in [-0.25, -0.2) is 0 Å². The van der Waals surface area contributed by atoms with Crippen molar-refractivity contribution in [2.75, 3.05) is 13.1 Å². The first-order valence-electron chi connectivity index (χ1n) is 7.92. The molecule has 1 saturated heterocycles. The van der Waals surface area contributed by atoms with Gasteiger partial charge in [-0.15, -0.1) is 0 Å². The Labute approximate surface area is 145 Å². The van der Waals surface area contributed by atoms with Crippen LogP contribution in [0.3, 0.4) is 0 Å². The molecule has 25 heavy (non-hydrogen) atoms. The van der Waals surface area contributed by atoms with E-state index in [1.54, 1.807) is 36.7 Å². The maximum absolute atomic E-state index is 12.8. The number of rotatable bonds is 5. The molecule has 7 nitrogen and oxygen atoms in total. The van der Waals surface area contributed by atoms with Gasteiger partial charge in [0.2, 0.25) is 0 Å². The fraction of sp³-hybridized carbons (Fsp3) is 0.278. The second-order valence-corrected chi connectivity index (χ2v) is 6.02. The van der Waals surface area contributed by atoms with E-state index in [9.17, 15) is 14.7 Å². The van der Waals surface area contributed by atoms with E-state index in [2.05, 4.69) is 4.98 Å². The maximum atomic E-state index is 12.8. The van der Waals surface area contributed by atoms with Crippen molar-refractivity contribution in [3.63, 3.8) is 0 Å². The van der Waals surface area contributed by atoms with Gasteiger partial charge in [-0.05, 0) is 18.2 Å². The predicted octanol–water partition coefficient (Wildman–Crippen LogP) is 0.723. The molecule has 7 heteroatoms. The predicted molar refractivity (Wildman–Crippen MR) is 89.7 cm³/mol. The minimum atomic E-state index is -1.67. The lowest BCUT2D eigenvalue weighted by molar-refractivity contribution is -0.134. The summed E-state index contributed by atoms with van der Waals surface area (Å²) < 4.78 is 5.76. The van der Waals surface area contributed by atoms with E-state index in [4.69, 9.17) is 10.5 Å². The number of primary amides is 1. The highest BCUT2D eigenvalue weighted by Gasteiger charge is 2.43. The van der Waals surface area contributed by atoms with Crippen molar-refractivity contribution in [2.45, 2.75) is 18.6 Å². The van der Waals surface area contributed by atoms with Crippen molar-refractivity contribution in [2.24, 2.45) is 5.73 Å². The highest BCUT2D eigenvalue weighted by atomic mass is 16.5. The van der Waals surface area contributed by atoms with Gasteiger partial charge in [0.1, 0.15) is 12.4 Å². The van der Waals surface area contributed by atoms with Crippen LogP contribution in [0.15, 0.2) is 48.8 Å². The van der Waals surface area contributed by atoms with Crippen LogP contribution in [0, 0.1) is 0 Å². The van der Waals surface area contributed by atoms with Crippen LogP contribution in [0.1, 0.15) is 22.3 Å². The van der Waals surface area contributed by atoms with Gasteiger partial charge in [0.15, 0.2) is 5.60 Å². The molecule has 0 bridgehead atoms. The lowest BCUT2D eigenvalue weighted by atomic mass is 10.0. The maximum Gasteiger partial charge on any atom is 0.257 e. The molecule has 130 valence electrons. The average molecular weight is 341 g/mol. The fourth-order valence-corrected chi connectivity index (χ4v) is 2.75. The zero-order chi connectivity index (χ0) is 17.9. The molecule has 0 saturated carbocycles. The third kappa shape index (κ3) is 3.61. The Hall–Kier alpha value is -2.93. The Kier molecular flexibility index (Phi) is 4.67. The molecule has 1 aromatic heterocycles. The van der Waals surface area contributed by atoms with E-state index in [0.29, 0.717) is 11.3 Å². The molecule has 3 rings (SSSR count). The van der Waals surface area contributed by atoms with Crippen LogP contribution in [-0.2, 0) is 11.4 Å². The summed E-state index contributed by atoms with van der Waals surface area (Å²) in [5.74, 6) is -0.686. The van der Waals surface area contributed by atoms with Crippen molar-refractivity contribution < 1.29 is 19.4 Å². The SMILES string of the molecule is NC(=O)C1(O)CCN(C(=O)c2ccccc2OCc2cccnc2)C1. The van der Waals surface area contributed by atoms with E-state index in [1.165, 1.54) is 4.90 Å². The smallest absolute Gasteiger partial charge is 0.257 e. The number of β-amino-alcohol motifs (C(OH)–C–C–N with tert-alkyl or cyclic N) is 1. The summed E-state index contributed by atoms with van der Waals surface area (Å²) in [6, 6.07) is 10.6. The zero-order valence-corrected chi connectivity index (χ0v) is 13.6. The first-order valence-corrected chi connectivity index (χ1v) is 7.92. The van der Waals surface area contributed by atoms with E-state index < -0.39 is 11.5 Å². The standard InChI is InChI=1S/C18H19N3O4/c19-17(23)18(24)7-9-21(12-18)16(22)14-5-1-2-6-15(14)25-11-13-4-3-8-20-10-13/h1-6,8,10,24H,7,9,11-12H2,(H2,19,23). The molecule has 2 heterocycles. The summed E-state index contributed by atoms with van der Waals surface area (Å²) in [7, 11) is 0. The van der Waals surface area contributed by atoms with Crippen molar-refractivity contribution in [3.8, 4) is 5.75 Å². The molecule has 0 spiro atoms. The summed E-state index contributed by atoms with van der Waals surface area (Å²) in [6.45, 7) is 0.427. The van der Waals surface area contributed by atoms with Crippen molar-refractivity contribution in [3.05, 3.63) is 59.9 Å². The number of amides is 2. The van der Waals surface area contributed by atoms with Gasteiger partial charge in [-0.1, -0.05) is 18.2 Å². The largest absolute Gasteiger partial charge is 0.488 e. The van der Waals surface area contributed by atoms with Crippen molar-refractivity contribution >= 4 is 11.8 Å². The minimum Gasteiger partial charge on any atom is -0.488 e. The number of likely N-dealkylation sites (tertiary alicyclic amines) is 1. The molecule has 1 fully saturated rings. The molecular weight excluding hydrogens is 322 g/mol. The van der Waals surface area contributed by atoms with Gasteiger partial charge in [0, 0.05) is 30.9 Å². The third-order valence-corrected chi connectivity index (χ3v) is 4.23. The lowest BCUT2D eigenvalue weighted by Crippen LogP contribution is -2.46. The first kappa shape index (κ1) is 16.9. The van der Waals surface area contributed by atoms with Crippen LogP contribution in [0.4, 0.5) is 0 Å². The number of pyridine rings is 1. The van der Waals surface area contributed by atoms with Crippen LogP contribution >= 0.6 is 0 Å². The Morgan fingerprint density at radius 2 is 2.08 bits per heavy atom. The quantitative estimate of drug-likeness (QED) is 0.834. The number of nitrogens with zero attached hydrogens (tertiary/aromatic N) is 2. The number of para-hydroxylation sites is 1. The highest BCUT2D eigenvalue weighted by molar-refractivity contribution is 5.98. The highest BCUT2D eigenvalue weighted by Crippen LogP contribution is 2.26. The van der Waals surface area contributed by atoms with Gasteiger partial charge in [0.25, 0.3) is 11.8 Å². The third-order valence-electron chi connectivity index (χ3n) is 4.23. The van der Waals surface area contributed by atoms with Gasteiger partial charge in [0.05, 0.1) is 12.1 Å². The molecular formula is C18H19N3O4. The Morgan fingerprint density at radius 1 is 1.28 bits per heavy atom. The van der Waals surface area contributed by atoms with E-state index in [0.717, 1.165) is 5.56 Å². The number of ether oxygens (including phenoxy) is 1. The zero-order valence-electron chi connectivity index (χ0n) is 13.6. The molecule has 3 N–H and O–H groups in total. The van der Waals surface area contributed by atoms with Crippen LogP contribution < -0.4 is 10.5 Å². The molecule has 1 aromatic carbocycles. The monoisotopic (exact) mass is 341 g/mol. The fourth-order valence-electron chi connectivity index (χ4n) is 2.75. The number of hydrogen-bond donors (Lipinski definition) is 2. The summed E-state index contributed by atoms with van der Waals surface area (Å²) in [4.78, 5) is 29.6. The second-order valence-electron chi connectivity index (χ2n) is 6.02. The number of nitrogens with two attached hydrogens (primary N) is 1. The molecule has 0 aliphatic carbocycles. The minimum absolute atomic E-state index is 0.113. The van der Waals surface area contributed by atoms with Gasteiger partial charge in [-0.2, -0.15) is 0 Å². The summed E-state index contributed by atoms with van der Waals surface area (Å²) in [5, 5.41) is 10.1. The number of aromatic nitrogens is 1. The Balaban J connectivity index is 1.74. The molecule has 1 atom stereocenters. The number of carbonyl (C=O) groups is 2. The Morgan fingerprint density at radius 3 is 2.76 bits per heavy atom. The van der Waals surface area contributed by atoms with Gasteiger partial charge < -0.3 is 20.5 Å². The summed E-state index contributed by atoms with van der Waals surface area (Å²) in [5.41, 5.74) is 4.81. The topological polar surface area (TPSA) is 106 Å². The van der Waals surface area contributed by atoms with Crippen LogP contribution in [0.2, 0.25) is 0 Å². The first-order chi connectivity index (χ1) is 12.0. The number of carbonyl (C=O) groups excluding carboxylic acids is 2. The molecule has 1 aliphatic rings. The normalized spacial score (nSPS) is 19.6. The Bertz CT molecular complexity index is 781. The van der Waals surface area contributed by atoms with Crippen molar-refractivity contribution in [1.82, 2.24) is 9.88 Å². The number of hydrogen-bond acceptors (Lipinski definition) is 5. The molecule has 2 aromatic rings. The number of aliphatic hydroxyl groups is 1. The average Bonchev–Trinajstić information content (AvgIpc) is 3.04. The van der Waals surface area contributed by atoms with Crippen LogP contribution in [0.25, 0.3) is 0 Å². The van der Waals surface area contributed by atoms with Crippen molar-refractivity contribution in [1.29, 1.82) is 0 Å². The number of benzene rings is 1. The van der Waals surface area contributed by atoms with Gasteiger partial charge >= 0.3 is 0 Å². The molecule has 1 unspecified atom stereocenters. The van der Waals surface area contributed by atoms with Crippen LogP contribution in [0.5, 0.6) is 5.75 Å². The second kappa shape index (κ2) is 6.90. The molecule has 1 aliphatic heterocycles. The summed E-state index contributed by atoms with van der Waals surface area (Å²) in [6.07, 6.45) is 3.50. The van der Waals surface area contributed by atoms with E-state index in [-0.39, 0.29) is 32.0 Å². The lowest BCUT2D eigenvalue weighted by Gasteiger charge is -2.21.